The predicted octanol–water partition coefficient (Wildman–Crippen LogP) is 5.89. The number of anilines is 1. The molecule has 2 heterocycles. The van der Waals surface area contributed by atoms with Gasteiger partial charge in [0.1, 0.15) is 12.0 Å². The highest BCUT2D eigenvalue weighted by molar-refractivity contribution is 9.10. The van der Waals surface area contributed by atoms with Crippen LogP contribution in [0, 0.1) is 6.92 Å². The lowest BCUT2D eigenvalue weighted by atomic mass is 9.93. The summed E-state index contributed by atoms with van der Waals surface area (Å²) in [6, 6.07) is 12.8. The fourth-order valence-electron chi connectivity index (χ4n) is 4.60. The number of carboxylic acids is 1. The first-order valence-corrected chi connectivity index (χ1v) is 12.6. The number of nitrogens with one attached hydrogen (secondary N) is 1. The summed E-state index contributed by atoms with van der Waals surface area (Å²) in [7, 11) is 0. The number of pyridine rings is 1. The third kappa shape index (κ3) is 5.76. The van der Waals surface area contributed by atoms with Gasteiger partial charge in [-0.1, -0.05) is 45.7 Å². The number of carbonyl (C=O) groups is 2. The number of halogens is 3. The van der Waals surface area contributed by atoms with Crippen molar-refractivity contribution in [2.24, 2.45) is 0 Å². The molecule has 2 aromatic carbocycles. The summed E-state index contributed by atoms with van der Waals surface area (Å²) in [5.74, 6) is -0.860. The van der Waals surface area contributed by atoms with Gasteiger partial charge in [-0.05, 0) is 49.6 Å². The quantitative estimate of drug-likeness (QED) is 0.358. The molecule has 0 radical (unpaired) electrons. The molecule has 35 heavy (non-hydrogen) atoms. The third-order valence-corrected chi connectivity index (χ3v) is 7.22. The molecule has 1 amide bonds. The monoisotopic (exact) mass is 561 g/mol. The standard InChI is InChI=1S/C26H26BrClFN3O3/c1-15-24(20-12-17(27)7-8-22(20)31-25(15)32-11-10-18(29)14-32)26(35)30-13-16(6-9-23(33)34)19-4-2-3-5-21(19)28/h2-5,7-8,12,16,18H,6,9-11,13-14H2,1H3,(H,30,35)(H,33,34)/t16?,18-/m1/s1. The molecular weight excluding hydrogens is 537 g/mol. The highest BCUT2D eigenvalue weighted by atomic mass is 79.9. The van der Waals surface area contributed by atoms with E-state index in [1.807, 2.05) is 48.2 Å². The van der Waals surface area contributed by atoms with E-state index in [1.54, 1.807) is 6.07 Å². The molecule has 6 nitrogen and oxygen atoms in total. The van der Waals surface area contributed by atoms with Crippen molar-refractivity contribution in [1.29, 1.82) is 0 Å². The Morgan fingerprint density at radius 2 is 2.09 bits per heavy atom. The van der Waals surface area contributed by atoms with Crippen molar-refractivity contribution in [3.8, 4) is 0 Å². The van der Waals surface area contributed by atoms with Crippen molar-refractivity contribution in [2.45, 2.75) is 38.3 Å². The molecule has 0 saturated carbocycles. The van der Waals surface area contributed by atoms with Gasteiger partial charge in [0.25, 0.3) is 5.91 Å². The van der Waals surface area contributed by atoms with Crippen LogP contribution in [0.25, 0.3) is 10.9 Å². The topological polar surface area (TPSA) is 82.5 Å². The Bertz CT molecular complexity index is 1270. The van der Waals surface area contributed by atoms with Gasteiger partial charge >= 0.3 is 5.97 Å². The summed E-state index contributed by atoms with van der Waals surface area (Å²) in [6.07, 6.45) is -0.193. The van der Waals surface area contributed by atoms with E-state index < -0.39 is 12.1 Å². The van der Waals surface area contributed by atoms with Crippen LogP contribution in [0.2, 0.25) is 5.02 Å². The second kappa shape index (κ2) is 10.9. The zero-order chi connectivity index (χ0) is 25.1. The zero-order valence-electron chi connectivity index (χ0n) is 19.2. The first-order chi connectivity index (χ1) is 16.7. The van der Waals surface area contributed by atoms with E-state index in [2.05, 4.69) is 21.2 Å². The van der Waals surface area contributed by atoms with Gasteiger partial charge in [-0.15, -0.1) is 0 Å². The summed E-state index contributed by atoms with van der Waals surface area (Å²) < 4.78 is 14.8. The molecule has 1 aromatic heterocycles. The average Bonchev–Trinajstić information content (AvgIpc) is 3.25. The first-order valence-electron chi connectivity index (χ1n) is 11.5. The maximum absolute atomic E-state index is 13.9. The lowest BCUT2D eigenvalue weighted by molar-refractivity contribution is -0.137. The summed E-state index contributed by atoms with van der Waals surface area (Å²) in [5.41, 5.74) is 2.60. The largest absolute Gasteiger partial charge is 0.481 e. The van der Waals surface area contributed by atoms with Gasteiger partial charge in [0.2, 0.25) is 0 Å². The highest BCUT2D eigenvalue weighted by Gasteiger charge is 2.28. The number of rotatable bonds is 8. The van der Waals surface area contributed by atoms with Crippen LogP contribution in [0.5, 0.6) is 0 Å². The number of alkyl halides is 1. The predicted molar refractivity (Wildman–Crippen MR) is 139 cm³/mol. The molecule has 1 aliphatic rings. The smallest absolute Gasteiger partial charge is 0.303 e. The number of hydrogen-bond acceptors (Lipinski definition) is 4. The minimum absolute atomic E-state index is 0.0422. The number of fused-ring (bicyclic) bond motifs is 1. The van der Waals surface area contributed by atoms with Gasteiger partial charge in [-0.3, -0.25) is 9.59 Å². The Balaban J connectivity index is 1.67. The second-order valence-corrected chi connectivity index (χ2v) is 10.1. The van der Waals surface area contributed by atoms with Crippen molar-refractivity contribution in [3.05, 3.63) is 68.7 Å². The molecule has 2 N–H and O–H groups in total. The summed E-state index contributed by atoms with van der Waals surface area (Å²) in [5, 5.41) is 13.4. The second-order valence-electron chi connectivity index (χ2n) is 8.79. The Morgan fingerprint density at radius 3 is 2.77 bits per heavy atom. The fraction of sp³-hybridized carbons (Fsp3) is 0.346. The van der Waals surface area contributed by atoms with Crippen LogP contribution in [0.3, 0.4) is 0 Å². The van der Waals surface area contributed by atoms with Gasteiger partial charge in [-0.2, -0.15) is 0 Å². The van der Waals surface area contributed by atoms with Crippen LogP contribution >= 0.6 is 27.5 Å². The SMILES string of the molecule is Cc1c(N2CC[C@@H](F)C2)nc2ccc(Br)cc2c1C(=O)NCC(CCC(=O)O)c1ccccc1Cl. The van der Waals surface area contributed by atoms with Gasteiger partial charge in [-0.25, -0.2) is 9.37 Å². The zero-order valence-corrected chi connectivity index (χ0v) is 21.6. The normalized spacial score (nSPS) is 16.5. The van der Waals surface area contributed by atoms with Crippen molar-refractivity contribution in [2.75, 3.05) is 24.5 Å². The first kappa shape index (κ1) is 25.4. The van der Waals surface area contributed by atoms with Crippen LogP contribution in [0.15, 0.2) is 46.9 Å². The van der Waals surface area contributed by atoms with Crippen LogP contribution in [0.4, 0.5) is 10.2 Å². The van der Waals surface area contributed by atoms with E-state index in [1.165, 1.54) is 0 Å². The molecule has 3 aromatic rings. The average molecular weight is 563 g/mol. The molecule has 0 aliphatic carbocycles. The van der Waals surface area contributed by atoms with Crippen molar-refractivity contribution in [1.82, 2.24) is 10.3 Å². The van der Waals surface area contributed by atoms with Gasteiger partial charge < -0.3 is 15.3 Å². The van der Waals surface area contributed by atoms with Crippen molar-refractivity contribution < 1.29 is 19.1 Å². The molecule has 1 unspecified atom stereocenters. The Labute approximate surface area is 216 Å². The van der Waals surface area contributed by atoms with E-state index in [-0.39, 0.29) is 31.3 Å². The lowest BCUT2D eigenvalue weighted by Crippen LogP contribution is -2.31. The number of aliphatic carboxylic acids is 1. The number of amides is 1. The molecule has 9 heteroatoms. The van der Waals surface area contributed by atoms with Gasteiger partial charge in [0.15, 0.2) is 0 Å². The molecule has 1 fully saturated rings. The van der Waals surface area contributed by atoms with Crippen LogP contribution in [-0.4, -0.2) is 47.8 Å². The Morgan fingerprint density at radius 1 is 1.31 bits per heavy atom. The minimum Gasteiger partial charge on any atom is -0.481 e. The number of hydrogen-bond donors (Lipinski definition) is 2. The molecular formula is C26H26BrClFN3O3. The maximum Gasteiger partial charge on any atom is 0.303 e. The highest BCUT2D eigenvalue weighted by Crippen LogP contribution is 2.33. The van der Waals surface area contributed by atoms with E-state index in [0.717, 1.165) is 10.0 Å². The Hall–Kier alpha value is -2.71. The molecule has 184 valence electrons. The van der Waals surface area contributed by atoms with E-state index >= 15 is 0 Å². The van der Waals surface area contributed by atoms with E-state index in [4.69, 9.17) is 16.6 Å². The molecule has 0 bridgehead atoms. The van der Waals surface area contributed by atoms with Crippen molar-refractivity contribution in [3.63, 3.8) is 0 Å². The summed E-state index contributed by atoms with van der Waals surface area (Å²) in [4.78, 5) is 31.5. The number of benzene rings is 2. The molecule has 0 spiro atoms. The van der Waals surface area contributed by atoms with E-state index in [0.29, 0.717) is 52.3 Å². The van der Waals surface area contributed by atoms with E-state index in [9.17, 15) is 19.1 Å². The lowest BCUT2D eigenvalue weighted by Gasteiger charge is -2.23. The molecule has 1 saturated heterocycles. The summed E-state index contributed by atoms with van der Waals surface area (Å²) >= 11 is 9.86. The van der Waals surface area contributed by atoms with Crippen LogP contribution < -0.4 is 10.2 Å². The molecule has 4 rings (SSSR count). The number of carboxylic acid groups (broad SMARTS) is 1. The molecule has 2 atom stereocenters. The van der Waals surface area contributed by atoms with Crippen molar-refractivity contribution >= 4 is 56.1 Å². The third-order valence-electron chi connectivity index (χ3n) is 6.38. The minimum atomic E-state index is -0.917. The number of carbonyl (C=O) groups excluding carboxylic acids is 1. The van der Waals surface area contributed by atoms with Crippen LogP contribution in [0.1, 0.15) is 46.7 Å². The van der Waals surface area contributed by atoms with Crippen LogP contribution in [-0.2, 0) is 4.79 Å². The Kier molecular flexibility index (Phi) is 7.91. The van der Waals surface area contributed by atoms with Gasteiger partial charge in [0.05, 0.1) is 17.6 Å². The number of aromatic nitrogens is 1. The summed E-state index contributed by atoms with van der Waals surface area (Å²) in [6.45, 7) is 2.85. The molecule has 1 aliphatic heterocycles. The fourth-order valence-corrected chi connectivity index (χ4v) is 5.26. The number of nitrogens with zero attached hydrogens (tertiary/aromatic N) is 2. The van der Waals surface area contributed by atoms with Gasteiger partial charge in [0, 0.05) is 45.9 Å². The maximum atomic E-state index is 13.9.